The fourth-order valence-corrected chi connectivity index (χ4v) is 3.27. The van der Waals surface area contributed by atoms with Crippen molar-refractivity contribution in [3.8, 4) is 0 Å². The lowest BCUT2D eigenvalue weighted by Gasteiger charge is -2.08. The minimum atomic E-state index is -3.88. The first-order valence-corrected chi connectivity index (χ1v) is 8.46. The Morgan fingerprint density at radius 2 is 2.10 bits per heavy atom. The van der Waals surface area contributed by atoms with Gasteiger partial charge in [0.2, 0.25) is 10.0 Å². The highest BCUT2D eigenvalue weighted by atomic mass is 32.2. The molecule has 0 bridgehead atoms. The zero-order valence-corrected chi connectivity index (χ0v) is 12.5. The third-order valence-corrected chi connectivity index (χ3v) is 4.80. The molecule has 20 heavy (non-hydrogen) atoms. The highest BCUT2D eigenvalue weighted by molar-refractivity contribution is 7.89. The summed E-state index contributed by atoms with van der Waals surface area (Å²) < 4.78 is 36.0. The lowest BCUT2D eigenvalue weighted by atomic mass is 10.2. The molecule has 0 fully saturated rings. The summed E-state index contributed by atoms with van der Waals surface area (Å²) in [6, 6.07) is 5.64. The number of primary sulfonamides is 1. The summed E-state index contributed by atoms with van der Waals surface area (Å²) in [5, 5.41) is 9.92. The maximum absolute atomic E-state index is 13.8. The second-order valence-corrected chi connectivity index (χ2v) is 6.82. The fourth-order valence-electron chi connectivity index (χ4n) is 1.83. The van der Waals surface area contributed by atoms with Gasteiger partial charge in [0.05, 0.1) is 10.6 Å². The molecule has 4 nitrogen and oxygen atoms in total. The smallest absolute Gasteiger partial charge is 0.238 e. The number of halogens is 1. The van der Waals surface area contributed by atoms with E-state index in [4.69, 9.17) is 5.14 Å². The van der Waals surface area contributed by atoms with Gasteiger partial charge in [-0.25, -0.2) is 17.9 Å². The van der Waals surface area contributed by atoms with Crippen molar-refractivity contribution in [3.63, 3.8) is 0 Å². The maximum Gasteiger partial charge on any atom is 0.238 e. The Kier molecular flexibility index (Phi) is 4.42. The second kappa shape index (κ2) is 5.90. The predicted octanol–water partition coefficient (Wildman–Crippen LogP) is 2.71. The predicted molar refractivity (Wildman–Crippen MR) is 78.8 cm³/mol. The van der Waals surface area contributed by atoms with Crippen molar-refractivity contribution in [3.05, 3.63) is 45.9 Å². The van der Waals surface area contributed by atoms with Crippen molar-refractivity contribution in [2.24, 2.45) is 5.14 Å². The summed E-state index contributed by atoms with van der Waals surface area (Å²) in [5.74, 6) is -0.633. The van der Waals surface area contributed by atoms with Crippen LogP contribution in [0.4, 0.5) is 10.1 Å². The van der Waals surface area contributed by atoms with Gasteiger partial charge in [-0.05, 0) is 41.6 Å². The van der Waals surface area contributed by atoms with Gasteiger partial charge < -0.3 is 5.32 Å². The van der Waals surface area contributed by atoms with Crippen LogP contribution in [0.15, 0.2) is 34.5 Å². The minimum Gasteiger partial charge on any atom is -0.378 e. The van der Waals surface area contributed by atoms with Crippen molar-refractivity contribution in [1.29, 1.82) is 0 Å². The molecule has 1 heterocycles. The lowest BCUT2D eigenvalue weighted by Crippen LogP contribution is -2.12. The molecule has 7 heteroatoms. The number of thiophene rings is 1. The van der Waals surface area contributed by atoms with Gasteiger partial charge in [-0.3, -0.25) is 0 Å². The Morgan fingerprint density at radius 1 is 1.35 bits per heavy atom. The van der Waals surface area contributed by atoms with Crippen molar-refractivity contribution in [2.75, 3.05) is 5.32 Å². The van der Waals surface area contributed by atoms with Crippen LogP contribution in [-0.2, 0) is 23.0 Å². The molecule has 0 amide bonds. The van der Waals surface area contributed by atoms with Crippen LogP contribution in [0.5, 0.6) is 0 Å². The number of aryl methyl sites for hydroxylation is 1. The summed E-state index contributed by atoms with van der Waals surface area (Å²) in [4.78, 5) is 0.911. The van der Waals surface area contributed by atoms with Crippen molar-refractivity contribution < 1.29 is 12.8 Å². The fraction of sp³-hybridized carbons (Fsp3) is 0.231. The normalized spacial score (nSPS) is 11.6. The Balaban J connectivity index is 2.15. The Bertz CT molecular complexity index is 711. The molecule has 3 N–H and O–H groups in total. The average Bonchev–Trinajstić information content (AvgIpc) is 2.83. The van der Waals surface area contributed by atoms with E-state index in [1.54, 1.807) is 11.3 Å². The molecule has 0 saturated heterocycles. The molecular weight excluding hydrogens is 299 g/mol. The van der Waals surface area contributed by atoms with Gasteiger partial charge in [-0.15, -0.1) is 11.3 Å². The van der Waals surface area contributed by atoms with Gasteiger partial charge in [0, 0.05) is 11.4 Å². The van der Waals surface area contributed by atoms with E-state index in [1.165, 1.54) is 17.7 Å². The van der Waals surface area contributed by atoms with E-state index in [2.05, 4.69) is 12.2 Å². The topological polar surface area (TPSA) is 72.2 Å². The van der Waals surface area contributed by atoms with Crippen LogP contribution in [-0.4, -0.2) is 8.42 Å². The van der Waals surface area contributed by atoms with Gasteiger partial charge in [0.1, 0.15) is 5.82 Å². The largest absolute Gasteiger partial charge is 0.378 e. The molecule has 0 saturated carbocycles. The molecule has 0 spiro atoms. The average molecular weight is 314 g/mol. The number of hydrogen-bond donors (Lipinski definition) is 2. The zero-order valence-electron chi connectivity index (χ0n) is 10.9. The molecule has 0 radical (unpaired) electrons. The Labute approximate surface area is 121 Å². The monoisotopic (exact) mass is 314 g/mol. The molecule has 0 unspecified atom stereocenters. The molecule has 1 aromatic carbocycles. The molecule has 108 valence electrons. The number of benzene rings is 1. The number of hydrogen-bond acceptors (Lipinski definition) is 4. The minimum absolute atomic E-state index is 0.231. The van der Waals surface area contributed by atoms with Gasteiger partial charge in [-0.1, -0.05) is 6.92 Å². The van der Waals surface area contributed by atoms with E-state index in [0.29, 0.717) is 6.54 Å². The summed E-state index contributed by atoms with van der Waals surface area (Å²) in [6.07, 6.45) is 0.924. The molecule has 2 aromatic rings. The first-order chi connectivity index (χ1) is 9.41. The molecule has 0 aliphatic heterocycles. The van der Waals surface area contributed by atoms with E-state index in [9.17, 15) is 12.8 Å². The standard InChI is InChI=1S/C13H15FN2O2S2/c1-2-9-5-6-19-13(9)8-16-12-4-3-10(7-11(12)14)20(15,17)18/h3-7,16H,2,8H2,1H3,(H2,15,17,18). The quantitative estimate of drug-likeness (QED) is 0.891. The van der Waals surface area contributed by atoms with Crippen LogP contribution < -0.4 is 10.5 Å². The van der Waals surface area contributed by atoms with E-state index < -0.39 is 15.8 Å². The molecule has 0 aliphatic rings. The summed E-state index contributed by atoms with van der Waals surface area (Å²) >= 11 is 1.61. The van der Waals surface area contributed by atoms with Crippen molar-refractivity contribution >= 4 is 27.0 Å². The van der Waals surface area contributed by atoms with Crippen LogP contribution in [0, 0.1) is 5.82 Å². The van der Waals surface area contributed by atoms with Gasteiger partial charge in [0.15, 0.2) is 0 Å². The van der Waals surface area contributed by atoms with Gasteiger partial charge >= 0.3 is 0 Å². The highest BCUT2D eigenvalue weighted by Crippen LogP contribution is 2.22. The Morgan fingerprint density at radius 3 is 2.70 bits per heavy atom. The van der Waals surface area contributed by atoms with E-state index in [1.807, 2.05) is 11.4 Å². The van der Waals surface area contributed by atoms with Gasteiger partial charge in [-0.2, -0.15) is 0 Å². The van der Waals surface area contributed by atoms with Crippen LogP contribution in [0.1, 0.15) is 17.4 Å². The molecule has 0 atom stereocenters. The third-order valence-electron chi connectivity index (χ3n) is 2.93. The van der Waals surface area contributed by atoms with E-state index in [0.717, 1.165) is 17.4 Å². The number of sulfonamides is 1. The third kappa shape index (κ3) is 3.36. The highest BCUT2D eigenvalue weighted by Gasteiger charge is 2.12. The summed E-state index contributed by atoms with van der Waals surface area (Å²) in [7, 11) is -3.88. The number of rotatable bonds is 5. The summed E-state index contributed by atoms with van der Waals surface area (Å²) in [5.41, 5.74) is 1.48. The SMILES string of the molecule is CCc1ccsc1CNc1ccc(S(N)(=O)=O)cc1F. The first kappa shape index (κ1) is 15.0. The van der Waals surface area contributed by atoms with Crippen molar-refractivity contribution in [2.45, 2.75) is 24.8 Å². The maximum atomic E-state index is 13.8. The van der Waals surface area contributed by atoms with Gasteiger partial charge in [0.25, 0.3) is 0 Å². The molecule has 0 aliphatic carbocycles. The van der Waals surface area contributed by atoms with Crippen molar-refractivity contribution in [1.82, 2.24) is 0 Å². The Hall–Kier alpha value is -1.44. The van der Waals surface area contributed by atoms with Crippen LogP contribution >= 0.6 is 11.3 Å². The first-order valence-electron chi connectivity index (χ1n) is 6.03. The van der Waals surface area contributed by atoms with Crippen LogP contribution in [0.2, 0.25) is 0 Å². The van der Waals surface area contributed by atoms with Crippen LogP contribution in [0.3, 0.4) is 0 Å². The summed E-state index contributed by atoms with van der Waals surface area (Å²) in [6.45, 7) is 2.57. The lowest BCUT2D eigenvalue weighted by molar-refractivity contribution is 0.593. The zero-order chi connectivity index (χ0) is 14.8. The number of anilines is 1. The van der Waals surface area contributed by atoms with E-state index in [-0.39, 0.29) is 10.6 Å². The second-order valence-electron chi connectivity index (χ2n) is 4.26. The molecule has 1 aromatic heterocycles. The number of nitrogens with two attached hydrogens (primary N) is 1. The van der Waals surface area contributed by atoms with E-state index >= 15 is 0 Å². The van der Waals surface area contributed by atoms with Crippen LogP contribution in [0.25, 0.3) is 0 Å². The number of nitrogens with one attached hydrogen (secondary N) is 1. The molecular formula is C13H15FN2O2S2. The molecule has 2 rings (SSSR count).